The molecule has 17 heavy (non-hydrogen) atoms. The summed E-state index contributed by atoms with van der Waals surface area (Å²) >= 11 is 0. The van der Waals surface area contributed by atoms with Gasteiger partial charge in [0.25, 0.3) is 0 Å². The van der Waals surface area contributed by atoms with Crippen LogP contribution in [0.1, 0.15) is 22.4 Å². The lowest BCUT2D eigenvalue weighted by Crippen LogP contribution is -2.06. The zero-order valence-corrected chi connectivity index (χ0v) is 9.99. The van der Waals surface area contributed by atoms with E-state index in [0.717, 1.165) is 22.4 Å². The molecule has 0 aliphatic heterocycles. The van der Waals surface area contributed by atoms with Crippen LogP contribution in [-0.4, -0.2) is 10.7 Å². The number of hydrogen-bond acceptors (Lipinski definition) is 3. The molecule has 0 fully saturated rings. The van der Waals surface area contributed by atoms with Crippen LogP contribution >= 0.6 is 0 Å². The average molecular weight is 225 g/mol. The van der Waals surface area contributed by atoms with Crippen molar-refractivity contribution in [2.75, 3.05) is 5.73 Å². The van der Waals surface area contributed by atoms with Gasteiger partial charge >= 0.3 is 0 Å². The summed E-state index contributed by atoms with van der Waals surface area (Å²) in [5, 5.41) is 8.20. The van der Waals surface area contributed by atoms with Gasteiger partial charge < -0.3 is 5.73 Å². The number of nitrogens with two attached hydrogens (primary N) is 1. The van der Waals surface area contributed by atoms with Gasteiger partial charge in [-0.25, -0.2) is 0 Å². The topological polar surface area (TPSA) is 62.8 Å². The van der Waals surface area contributed by atoms with Crippen LogP contribution in [0.2, 0.25) is 0 Å². The van der Waals surface area contributed by atoms with Crippen LogP contribution < -0.4 is 5.73 Å². The fraction of sp³-hybridized carbons (Fsp3) is 0.143. The van der Waals surface area contributed by atoms with Crippen molar-refractivity contribution < 1.29 is 0 Å². The molecule has 0 saturated carbocycles. The van der Waals surface area contributed by atoms with Gasteiger partial charge in [0.15, 0.2) is 0 Å². The normalized spacial score (nSPS) is 10.2. The van der Waals surface area contributed by atoms with Crippen molar-refractivity contribution in [2.24, 2.45) is 0 Å². The van der Waals surface area contributed by atoms with Gasteiger partial charge in [0.2, 0.25) is 0 Å². The third-order valence-corrected chi connectivity index (χ3v) is 2.66. The summed E-state index contributed by atoms with van der Waals surface area (Å²) in [7, 11) is 0. The molecule has 3 N–H and O–H groups in total. The SMILES string of the molecule is Cc1ccc(N)c(C(=N)c2ccnc(C)c2)c1. The average Bonchev–Trinajstić information content (AvgIpc) is 2.31. The number of anilines is 1. The molecular weight excluding hydrogens is 210 g/mol. The van der Waals surface area contributed by atoms with Gasteiger partial charge in [-0.3, -0.25) is 10.4 Å². The number of aromatic nitrogens is 1. The molecule has 3 nitrogen and oxygen atoms in total. The number of benzene rings is 1. The number of nitrogen functional groups attached to an aromatic ring is 1. The molecule has 0 aliphatic carbocycles. The second-order valence-electron chi connectivity index (χ2n) is 4.15. The van der Waals surface area contributed by atoms with E-state index in [1.54, 1.807) is 6.20 Å². The quantitative estimate of drug-likeness (QED) is 0.609. The first-order valence-electron chi connectivity index (χ1n) is 5.46. The Balaban J connectivity index is 2.47. The van der Waals surface area contributed by atoms with E-state index in [2.05, 4.69) is 4.98 Å². The van der Waals surface area contributed by atoms with Crippen LogP contribution in [0.15, 0.2) is 36.5 Å². The molecular formula is C14H15N3. The number of nitrogens with one attached hydrogen (secondary N) is 1. The van der Waals surface area contributed by atoms with Crippen LogP contribution in [0.25, 0.3) is 0 Å². The monoisotopic (exact) mass is 225 g/mol. The molecule has 3 heteroatoms. The Bertz CT molecular complexity index is 573. The molecule has 0 unspecified atom stereocenters. The summed E-state index contributed by atoms with van der Waals surface area (Å²) in [6.07, 6.45) is 1.71. The maximum Gasteiger partial charge on any atom is 0.0706 e. The van der Waals surface area contributed by atoms with Crippen molar-refractivity contribution in [1.29, 1.82) is 5.41 Å². The van der Waals surface area contributed by atoms with Crippen molar-refractivity contribution >= 4 is 11.4 Å². The number of pyridine rings is 1. The minimum absolute atomic E-state index is 0.441. The Morgan fingerprint density at radius 2 is 1.94 bits per heavy atom. The standard InChI is InChI=1S/C14H15N3/c1-9-3-4-13(15)12(7-9)14(16)11-5-6-17-10(2)8-11/h3-8,16H,15H2,1-2H3. The summed E-state index contributed by atoms with van der Waals surface area (Å²) in [5.41, 5.74) is 10.6. The Kier molecular flexibility index (Phi) is 2.91. The zero-order valence-electron chi connectivity index (χ0n) is 9.99. The van der Waals surface area contributed by atoms with E-state index in [0.29, 0.717) is 11.4 Å². The van der Waals surface area contributed by atoms with E-state index in [-0.39, 0.29) is 0 Å². The third kappa shape index (κ3) is 2.33. The summed E-state index contributed by atoms with van der Waals surface area (Å²) in [5.74, 6) is 0. The van der Waals surface area contributed by atoms with E-state index in [4.69, 9.17) is 11.1 Å². The molecule has 0 bridgehead atoms. The van der Waals surface area contributed by atoms with Crippen molar-refractivity contribution in [3.63, 3.8) is 0 Å². The van der Waals surface area contributed by atoms with E-state index < -0.39 is 0 Å². The lowest BCUT2D eigenvalue weighted by atomic mass is 9.99. The van der Waals surface area contributed by atoms with Gasteiger partial charge in [0.05, 0.1) is 5.71 Å². The van der Waals surface area contributed by atoms with E-state index in [1.807, 2.05) is 44.2 Å². The first-order chi connectivity index (χ1) is 8.08. The molecule has 1 heterocycles. The minimum Gasteiger partial charge on any atom is -0.398 e. The molecule has 86 valence electrons. The number of rotatable bonds is 2. The highest BCUT2D eigenvalue weighted by atomic mass is 14.7. The molecule has 0 amide bonds. The number of hydrogen-bond donors (Lipinski definition) is 2. The number of aryl methyl sites for hydroxylation is 2. The molecule has 2 aromatic rings. The molecule has 0 saturated heterocycles. The van der Waals surface area contributed by atoms with Crippen molar-refractivity contribution in [1.82, 2.24) is 4.98 Å². The van der Waals surface area contributed by atoms with Crippen LogP contribution in [0.3, 0.4) is 0 Å². The van der Waals surface area contributed by atoms with Crippen LogP contribution in [0, 0.1) is 19.3 Å². The second kappa shape index (κ2) is 4.37. The van der Waals surface area contributed by atoms with Crippen LogP contribution in [0.4, 0.5) is 5.69 Å². The Morgan fingerprint density at radius 3 is 2.65 bits per heavy atom. The van der Waals surface area contributed by atoms with E-state index >= 15 is 0 Å². The Labute approximate surface area is 101 Å². The smallest absolute Gasteiger partial charge is 0.0706 e. The van der Waals surface area contributed by atoms with Gasteiger partial charge in [-0.05, 0) is 38.1 Å². The zero-order chi connectivity index (χ0) is 12.4. The Hall–Kier alpha value is -2.16. The maximum atomic E-state index is 8.20. The van der Waals surface area contributed by atoms with Gasteiger partial charge in [0.1, 0.15) is 0 Å². The third-order valence-electron chi connectivity index (χ3n) is 2.66. The highest BCUT2D eigenvalue weighted by molar-refractivity contribution is 6.13. The van der Waals surface area contributed by atoms with Gasteiger partial charge in [-0.1, -0.05) is 11.6 Å². The number of nitrogens with zero attached hydrogens (tertiary/aromatic N) is 1. The highest BCUT2D eigenvalue weighted by Crippen LogP contribution is 2.18. The van der Waals surface area contributed by atoms with E-state index in [1.165, 1.54) is 0 Å². The minimum atomic E-state index is 0.441. The fourth-order valence-electron chi connectivity index (χ4n) is 1.74. The predicted molar refractivity (Wildman–Crippen MR) is 70.5 cm³/mol. The van der Waals surface area contributed by atoms with Crippen LogP contribution in [0.5, 0.6) is 0 Å². The summed E-state index contributed by atoms with van der Waals surface area (Å²) < 4.78 is 0. The molecule has 2 rings (SSSR count). The lowest BCUT2D eigenvalue weighted by Gasteiger charge is -2.09. The fourth-order valence-corrected chi connectivity index (χ4v) is 1.74. The lowest BCUT2D eigenvalue weighted by molar-refractivity contribution is 1.19. The molecule has 0 atom stereocenters. The van der Waals surface area contributed by atoms with Gasteiger partial charge in [0, 0.05) is 28.7 Å². The maximum absolute atomic E-state index is 8.20. The summed E-state index contributed by atoms with van der Waals surface area (Å²) in [6, 6.07) is 9.45. The first kappa shape index (κ1) is 11.3. The van der Waals surface area contributed by atoms with Crippen molar-refractivity contribution in [3.05, 3.63) is 58.9 Å². The van der Waals surface area contributed by atoms with Gasteiger partial charge in [-0.15, -0.1) is 0 Å². The van der Waals surface area contributed by atoms with Crippen molar-refractivity contribution in [2.45, 2.75) is 13.8 Å². The summed E-state index contributed by atoms with van der Waals surface area (Å²) in [6.45, 7) is 3.91. The Morgan fingerprint density at radius 1 is 1.18 bits per heavy atom. The van der Waals surface area contributed by atoms with E-state index in [9.17, 15) is 0 Å². The van der Waals surface area contributed by atoms with Gasteiger partial charge in [-0.2, -0.15) is 0 Å². The predicted octanol–water partition coefficient (Wildman–Crippen LogP) is 2.70. The largest absolute Gasteiger partial charge is 0.398 e. The molecule has 1 aromatic carbocycles. The molecule has 0 aliphatic rings. The second-order valence-corrected chi connectivity index (χ2v) is 4.15. The van der Waals surface area contributed by atoms with Crippen LogP contribution in [-0.2, 0) is 0 Å². The van der Waals surface area contributed by atoms with Crippen molar-refractivity contribution in [3.8, 4) is 0 Å². The molecule has 1 aromatic heterocycles. The first-order valence-corrected chi connectivity index (χ1v) is 5.46. The molecule has 0 spiro atoms. The molecule has 0 radical (unpaired) electrons. The summed E-state index contributed by atoms with van der Waals surface area (Å²) in [4.78, 5) is 4.13. The highest BCUT2D eigenvalue weighted by Gasteiger charge is 2.08.